The van der Waals surface area contributed by atoms with Crippen LogP contribution in [0.2, 0.25) is 0 Å². The molecule has 1 aromatic heterocycles. The molecule has 4 rings (SSSR count). The monoisotopic (exact) mass is 463 g/mol. The third-order valence-corrected chi connectivity index (χ3v) is 6.92. The molecule has 2 N–H and O–H groups in total. The molecule has 0 aliphatic heterocycles. The van der Waals surface area contributed by atoms with Gasteiger partial charge in [-0.2, -0.15) is 0 Å². The Morgan fingerprint density at radius 2 is 1.70 bits per heavy atom. The van der Waals surface area contributed by atoms with Crippen molar-refractivity contribution in [3.05, 3.63) is 65.2 Å². The predicted octanol–water partition coefficient (Wildman–Crippen LogP) is 4.31. The Hall–Kier alpha value is -3.52. The second-order valence-corrected chi connectivity index (χ2v) is 8.98. The SMILES string of the molecule is CNC(=O)c1ccc(-c2sc(C(=O)N(CC(=O)O)C3CCCC3)nc2-c2ccccc2)cc1. The highest BCUT2D eigenvalue weighted by atomic mass is 32.1. The lowest BCUT2D eigenvalue weighted by molar-refractivity contribution is -0.138. The van der Waals surface area contributed by atoms with Gasteiger partial charge in [-0.1, -0.05) is 55.3 Å². The van der Waals surface area contributed by atoms with Gasteiger partial charge in [0.2, 0.25) is 0 Å². The molecule has 2 amide bonds. The van der Waals surface area contributed by atoms with Crippen LogP contribution in [0.3, 0.4) is 0 Å². The molecule has 1 saturated carbocycles. The maximum atomic E-state index is 13.4. The van der Waals surface area contributed by atoms with Crippen molar-refractivity contribution in [3.63, 3.8) is 0 Å². The molecule has 0 unspecified atom stereocenters. The normalized spacial score (nSPS) is 13.6. The van der Waals surface area contributed by atoms with Crippen molar-refractivity contribution in [3.8, 4) is 21.7 Å². The smallest absolute Gasteiger partial charge is 0.323 e. The van der Waals surface area contributed by atoms with Crippen LogP contribution in [0.25, 0.3) is 21.7 Å². The summed E-state index contributed by atoms with van der Waals surface area (Å²) in [4.78, 5) is 43.8. The Bertz CT molecular complexity index is 1150. The molecule has 0 spiro atoms. The lowest BCUT2D eigenvalue weighted by Gasteiger charge is -2.26. The Kier molecular flexibility index (Phi) is 6.84. The van der Waals surface area contributed by atoms with Crippen molar-refractivity contribution >= 4 is 29.1 Å². The molecule has 1 aliphatic rings. The van der Waals surface area contributed by atoms with E-state index < -0.39 is 5.97 Å². The van der Waals surface area contributed by atoms with Gasteiger partial charge in [0, 0.05) is 24.2 Å². The van der Waals surface area contributed by atoms with Crippen molar-refractivity contribution in [1.29, 1.82) is 0 Å². The van der Waals surface area contributed by atoms with Gasteiger partial charge in [0.25, 0.3) is 11.8 Å². The van der Waals surface area contributed by atoms with E-state index in [0.29, 0.717) is 11.3 Å². The summed E-state index contributed by atoms with van der Waals surface area (Å²) in [6.07, 6.45) is 3.60. The zero-order valence-electron chi connectivity index (χ0n) is 18.3. The number of carbonyl (C=O) groups is 3. The van der Waals surface area contributed by atoms with Gasteiger partial charge in [0.05, 0.1) is 10.6 Å². The molecule has 2 aromatic carbocycles. The van der Waals surface area contributed by atoms with E-state index in [9.17, 15) is 19.5 Å². The van der Waals surface area contributed by atoms with E-state index in [1.54, 1.807) is 19.2 Å². The van der Waals surface area contributed by atoms with E-state index in [1.165, 1.54) is 16.2 Å². The number of nitrogens with one attached hydrogen (secondary N) is 1. The van der Waals surface area contributed by atoms with Gasteiger partial charge in [-0.25, -0.2) is 4.98 Å². The third kappa shape index (κ3) is 4.96. The van der Waals surface area contributed by atoms with Crippen molar-refractivity contribution < 1.29 is 19.5 Å². The van der Waals surface area contributed by atoms with Gasteiger partial charge < -0.3 is 15.3 Å². The summed E-state index contributed by atoms with van der Waals surface area (Å²) in [5.41, 5.74) is 2.91. The van der Waals surface area contributed by atoms with Crippen LogP contribution in [0, 0.1) is 0 Å². The highest BCUT2D eigenvalue weighted by molar-refractivity contribution is 7.17. The Morgan fingerprint density at radius 3 is 2.30 bits per heavy atom. The molecule has 1 heterocycles. The summed E-state index contributed by atoms with van der Waals surface area (Å²) in [5, 5.41) is 12.3. The Morgan fingerprint density at radius 1 is 1.03 bits per heavy atom. The largest absolute Gasteiger partial charge is 0.480 e. The van der Waals surface area contributed by atoms with Crippen LogP contribution in [0.5, 0.6) is 0 Å². The van der Waals surface area contributed by atoms with Crippen LogP contribution in [0.4, 0.5) is 0 Å². The van der Waals surface area contributed by atoms with Crippen LogP contribution in [0.15, 0.2) is 54.6 Å². The molecule has 0 radical (unpaired) electrons. The number of benzene rings is 2. The van der Waals surface area contributed by atoms with E-state index in [0.717, 1.165) is 41.7 Å². The van der Waals surface area contributed by atoms with E-state index in [1.807, 2.05) is 42.5 Å². The number of hydrogen-bond donors (Lipinski definition) is 2. The second-order valence-electron chi connectivity index (χ2n) is 7.98. The van der Waals surface area contributed by atoms with Crippen LogP contribution < -0.4 is 5.32 Å². The van der Waals surface area contributed by atoms with E-state index in [4.69, 9.17) is 0 Å². The molecule has 1 aliphatic carbocycles. The summed E-state index contributed by atoms with van der Waals surface area (Å²) in [6, 6.07) is 16.7. The predicted molar refractivity (Wildman–Crippen MR) is 127 cm³/mol. The number of carbonyl (C=O) groups excluding carboxylic acids is 2. The lowest BCUT2D eigenvalue weighted by atomic mass is 10.1. The average Bonchev–Trinajstić information content (AvgIpc) is 3.53. The molecule has 8 heteroatoms. The highest BCUT2D eigenvalue weighted by Gasteiger charge is 2.31. The maximum absolute atomic E-state index is 13.4. The molecule has 0 bridgehead atoms. The Labute approximate surface area is 196 Å². The molecular formula is C25H25N3O4S. The number of amides is 2. The molecule has 170 valence electrons. The molecule has 0 saturated heterocycles. The first-order valence-electron chi connectivity index (χ1n) is 10.9. The number of rotatable bonds is 7. The van der Waals surface area contributed by atoms with Crippen LogP contribution in [-0.4, -0.2) is 52.4 Å². The van der Waals surface area contributed by atoms with Gasteiger partial charge in [0.1, 0.15) is 6.54 Å². The fraction of sp³-hybridized carbons (Fsp3) is 0.280. The van der Waals surface area contributed by atoms with Gasteiger partial charge in [0.15, 0.2) is 5.01 Å². The van der Waals surface area contributed by atoms with E-state index >= 15 is 0 Å². The van der Waals surface area contributed by atoms with Crippen molar-refractivity contribution in [2.45, 2.75) is 31.7 Å². The summed E-state index contributed by atoms with van der Waals surface area (Å²) in [6.45, 7) is -0.333. The van der Waals surface area contributed by atoms with Gasteiger partial charge in [-0.05, 0) is 30.5 Å². The first kappa shape index (κ1) is 22.7. The quantitative estimate of drug-likeness (QED) is 0.544. The zero-order chi connectivity index (χ0) is 23.4. The number of carboxylic acid groups (broad SMARTS) is 1. The van der Waals surface area contributed by atoms with Crippen LogP contribution >= 0.6 is 11.3 Å². The van der Waals surface area contributed by atoms with E-state index in [2.05, 4.69) is 10.3 Å². The second kappa shape index (κ2) is 9.95. The number of hydrogen-bond acceptors (Lipinski definition) is 5. The number of carboxylic acids is 1. The highest BCUT2D eigenvalue weighted by Crippen LogP contribution is 2.38. The summed E-state index contributed by atoms with van der Waals surface area (Å²) in [5.74, 6) is -1.55. The van der Waals surface area contributed by atoms with Gasteiger partial charge in [-0.3, -0.25) is 14.4 Å². The van der Waals surface area contributed by atoms with Crippen LogP contribution in [0.1, 0.15) is 45.8 Å². The first-order valence-corrected chi connectivity index (χ1v) is 11.7. The van der Waals surface area contributed by atoms with Gasteiger partial charge in [-0.15, -0.1) is 11.3 Å². The minimum atomic E-state index is -1.03. The molecule has 33 heavy (non-hydrogen) atoms. The fourth-order valence-corrected chi connectivity index (χ4v) is 5.22. The maximum Gasteiger partial charge on any atom is 0.323 e. The number of nitrogens with zero attached hydrogens (tertiary/aromatic N) is 2. The minimum Gasteiger partial charge on any atom is -0.480 e. The summed E-state index contributed by atoms with van der Waals surface area (Å²) in [7, 11) is 1.58. The summed E-state index contributed by atoms with van der Waals surface area (Å²) >= 11 is 1.25. The minimum absolute atomic E-state index is 0.0760. The third-order valence-electron chi connectivity index (χ3n) is 5.83. The first-order chi connectivity index (χ1) is 16.0. The van der Waals surface area contributed by atoms with Crippen molar-refractivity contribution in [1.82, 2.24) is 15.2 Å². The number of aromatic nitrogens is 1. The Balaban J connectivity index is 1.75. The number of thiazole rings is 1. The number of aliphatic carboxylic acids is 1. The molecule has 0 atom stereocenters. The van der Waals surface area contributed by atoms with Crippen LogP contribution in [-0.2, 0) is 4.79 Å². The molecule has 7 nitrogen and oxygen atoms in total. The fourth-order valence-electron chi connectivity index (χ4n) is 4.17. The molecule has 1 fully saturated rings. The van der Waals surface area contributed by atoms with Crippen molar-refractivity contribution in [2.75, 3.05) is 13.6 Å². The van der Waals surface area contributed by atoms with E-state index in [-0.39, 0.29) is 29.4 Å². The summed E-state index contributed by atoms with van der Waals surface area (Å²) < 4.78 is 0. The lowest BCUT2D eigenvalue weighted by Crippen LogP contribution is -2.42. The van der Waals surface area contributed by atoms with Gasteiger partial charge >= 0.3 is 5.97 Å². The molecule has 3 aromatic rings. The topological polar surface area (TPSA) is 99.6 Å². The zero-order valence-corrected chi connectivity index (χ0v) is 19.1. The average molecular weight is 464 g/mol. The molecular weight excluding hydrogens is 438 g/mol. The standard InChI is InChI=1S/C25H25N3O4S/c1-26-23(31)18-13-11-17(12-14-18)22-21(16-7-3-2-4-8-16)27-24(33-22)25(32)28(15-20(29)30)19-9-5-6-10-19/h2-4,7-8,11-14,19H,5-6,9-10,15H2,1H3,(H,26,31)(H,29,30). The van der Waals surface area contributed by atoms with Crippen molar-refractivity contribution in [2.24, 2.45) is 0 Å².